The van der Waals surface area contributed by atoms with Crippen molar-refractivity contribution in [3.8, 4) is 5.75 Å². The van der Waals surface area contributed by atoms with Gasteiger partial charge in [-0.25, -0.2) is 0 Å². The van der Waals surface area contributed by atoms with Gasteiger partial charge in [-0.1, -0.05) is 0 Å². The van der Waals surface area contributed by atoms with E-state index >= 15 is 0 Å². The number of phenolic OH excluding ortho intramolecular Hbond substituents is 1. The van der Waals surface area contributed by atoms with Gasteiger partial charge in [-0.3, -0.25) is 4.98 Å². The van der Waals surface area contributed by atoms with Crippen LogP contribution >= 0.6 is 0 Å². The Morgan fingerprint density at radius 1 is 1.07 bits per heavy atom. The van der Waals surface area contributed by atoms with Crippen molar-refractivity contribution in [2.24, 2.45) is 0 Å². The lowest BCUT2D eigenvalue weighted by Gasteiger charge is -1.91. The van der Waals surface area contributed by atoms with Crippen LogP contribution in [0.1, 0.15) is 0 Å². The summed E-state index contributed by atoms with van der Waals surface area (Å²) in [4.78, 5) is 7.29. The van der Waals surface area contributed by atoms with E-state index in [0.717, 1.165) is 21.8 Å². The zero-order chi connectivity index (χ0) is 9.54. The zero-order valence-electron chi connectivity index (χ0n) is 7.36. The number of phenols is 1. The van der Waals surface area contributed by atoms with Crippen LogP contribution in [-0.4, -0.2) is 15.1 Å². The molecular formula is C11H8N2O. The van der Waals surface area contributed by atoms with Crippen molar-refractivity contribution in [3.05, 3.63) is 36.7 Å². The Hall–Kier alpha value is -2.03. The van der Waals surface area contributed by atoms with Gasteiger partial charge in [-0.05, 0) is 18.2 Å². The number of hydrogen-bond donors (Lipinski definition) is 2. The van der Waals surface area contributed by atoms with Gasteiger partial charge in [-0.2, -0.15) is 0 Å². The van der Waals surface area contributed by atoms with E-state index in [4.69, 9.17) is 0 Å². The number of H-pyrrole nitrogens is 1. The van der Waals surface area contributed by atoms with Crippen molar-refractivity contribution in [2.75, 3.05) is 0 Å². The van der Waals surface area contributed by atoms with Gasteiger partial charge >= 0.3 is 0 Å². The van der Waals surface area contributed by atoms with Crippen LogP contribution in [0.5, 0.6) is 5.75 Å². The molecule has 68 valence electrons. The average Bonchev–Trinajstić information content (AvgIpc) is 2.54. The molecule has 0 saturated heterocycles. The summed E-state index contributed by atoms with van der Waals surface area (Å²) >= 11 is 0. The summed E-state index contributed by atoms with van der Waals surface area (Å²) < 4.78 is 0. The third-order valence-corrected chi connectivity index (χ3v) is 2.38. The van der Waals surface area contributed by atoms with Crippen molar-refractivity contribution < 1.29 is 5.11 Å². The molecule has 0 amide bonds. The Bertz CT molecular complexity index is 613. The van der Waals surface area contributed by atoms with Crippen LogP contribution < -0.4 is 0 Å². The third kappa shape index (κ3) is 0.893. The van der Waals surface area contributed by atoms with E-state index in [0.29, 0.717) is 0 Å². The zero-order valence-corrected chi connectivity index (χ0v) is 7.36. The molecule has 14 heavy (non-hydrogen) atoms. The summed E-state index contributed by atoms with van der Waals surface area (Å²) in [5.41, 5.74) is 1.98. The average molecular weight is 184 g/mol. The SMILES string of the molecule is Oc1ccc2c(c1)[nH]c1ccncc12. The quantitative estimate of drug-likeness (QED) is 0.563. The van der Waals surface area contributed by atoms with E-state index in [2.05, 4.69) is 9.97 Å². The first-order valence-corrected chi connectivity index (χ1v) is 4.39. The summed E-state index contributed by atoms with van der Waals surface area (Å²) in [6, 6.07) is 7.22. The summed E-state index contributed by atoms with van der Waals surface area (Å²) in [5, 5.41) is 11.5. The molecule has 0 aliphatic carbocycles. The highest BCUT2D eigenvalue weighted by molar-refractivity contribution is 6.06. The first-order valence-electron chi connectivity index (χ1n) is 4.39. The van der Waals surface area contributed by atoms with Crippen molar-refractivity contribution >= 4 is 21.8 Å². The van der Waals surface area contributed by atoms with Crippen LogP contribution in [0.15, 0.2) is 36.7 Å². The van der Waals surface area contributed by atoms with Gasteiger partial charge in [0.1, 0.15) is 5.75 Å². The molecular weight excluding hydrogens is 176 g/mol. The van der Waals surface area contributed by atoms with Gasteiger partial charge < -0.3 is 10.1 Å². The van der Waals surface area contributed by atoms with Gasteiger partial charge in [0, 0.05) is 34.7 Å². The van der Waals surface area contributed by atoms with E-state index in [1.807, 2.05) is 18.3 Å². The first-order chi connectivity index (χ1) is 6.84. The number of pyridine rings is 1. The number of nitrogens with one attached hydrogen (secondary N) is 1. The molecule has 2 aromatic heterocycles. The molecule has 0 aliphatic heterocycles. The highest BCUT2D eigenvalue weighted by Gasteiger charge is 2.03. The number of aromatic hydroxyl groups is 1. The van der Waals surface area contributed by atoms with E-state index in [9.17, 15) is 5.11 Å². The molecule has 0 radical (unpaired) electrons. The maximum Gasteiger partial charge on any atom is 0.117 e. The lowest BCUT2D eigenvalue weighted by Crippen LogP contribution is -1.68. The van der Waals surface area contributed by atoms with Crippen molar-refractivity contribution in [3.63, 3.8) is 0 Å². The van der Waals surface area contributed by atoms with Crippen LogP contribution in [0, 0.1) is 0 Å². The molecule has 0 fully saturated rings. The summed E-state index contributed by atoms with van der Waals surface area (Å²) in [6.07, 6.45) is 3.57. The predicted molar refractivity (Wildman–Crippen MR) is 55.3 cm³/mol. The third-order valence-electron chi connectivity index (χ3n) is 2.38. The lowest BCUT2D eigenvalue weighted by molar-refractivity contribution is 0.476. The maximum absolute atomic E-state index is 9.32. The molecule has 3 aromatic rings. The topological polar surface area (TPSA) is 48.9 Å². The number of aromatic nitrogens is 2. The van der Waals surface area contributed by atoms with Crippen LogP contribution in [-0.2, 0) is 0 Å². The van der Waals surface area contributed by atoms with Crippen molar-refractivity contribution in [1.29, 1.82) is 0 Å². The minimum atomic E-state index is 0.275. The lowest BCUT2D eigenvalue weighted by atomic mass is 10.2. The van der Waals surface area contributed by atoms with Gasteiger partial charge in [-0.15, -0.1) is 0 Å². The Morgan fingerprint density at radius 3 is 2.93 bits per heavy atom. The van der Waals surface area contributed by atoms with Gasteiger partial charge in [0.05, 0.1) is 5.52 Å². The number of fused-ring (bicyclic) bond motifs is 3. The smallest absolute Gasteiger partial charge is 0.117 e. The molecule has 3 nitrogen and oxygen atoms in total. The standard InChI is InChI=1S/C11H8N2O/c14-7-1-2-8-9-6-12-4-3-10(9)13-11(8)5-7/h1-6,13-14H. The maximum atomic E-state index is 9.32. The molecule has 3 rings (SSSR count). The fraction of sp³-hybridized carbons (Fsp3) is 0. The monoisotopic (exact) mass is 184 g/mol. The number of aromatic amines is 1. The van der Waals surface area contributed by atoms with Crippen LogP contribution in [0.4, 0.5) is 0 Å². The Labute approximate surface area is 80.0 Å². The Kier molecular flexibility index (Phi) is 1.31. The van der Waals surface area contributed by atoms with Crippen LogP contribution in [0.3, 0.4) is 0 Å². The number of hydrogen-bond acceptors (Lipinski definition) is 2. The Balaban J connectivity index is 2.57. The van der Waals surface area contributed by atoms with Gasteiger partial charge in [0.25, 0.3) is 0 Å². The van der Waals surface area contributed by atoms with Crippen LogP contribution in [0.2, 0.25) is 0 Å². The molecule has 2 N–H and O–H groups in total. The minimum Gasteiger partial charge on any atom is -0.508 e. The van der Waals surface area contributed by atoms with Crippen LogP contribution in [0.25, 0.3) is 21.8 Å². The molecule has 0 unspecified atom stereocenters. The number of benzene rings is 1. The van der Waals surface area contributed by atoms with Gasteiger partial charge in [0.2, 0.25) is 0 Å². The second-order valence-electron chi connectivity index (χ2n) is 3.28. The molecule has 0 bridgehead atoms. The van der Waals surface area contributed by atoms with Crippen molar-refractivity contribution in [2.45, 2.75) is 0 Å². The largest absolute Gasteiger partial charge is 0.508 e. The molecule has 2 heterocycles. The molecule has 0 spiro atoms. The fourth-order valence-electron chi connectivity index (χ4n) is 1.73. The highest BCUT2D eigenvalue weighted by Crippen LogP contribution is 2.26. The summed E-state index contributed by atoms with van der Waals surface area (Å²) in [6.45, 7) is 0. The van der Waals surface area contributed by atoms with E-state index in [1.165, 1.54) is 0 Å². The first kappa shape index (κ1) is 7.38. The highest BCUT2D eigenvalue weighted by atomic mass is 16.3. The fourth-order valence-corrected chi connectivity index (χ4v) is 1.73. The predicted octanol–water partition coefficient (Wildman–Crippen LogP) is 2.42. The molecule has 0 saturated carbocycles. The molecule has 0 atom stereocenters. The number of rotatable bonds is 0. The van der Waals surface area contributed by atoms with E-state index in [-0.39, 0.29) is 5.75 Å². The molecule has 1 aromatic carbocycles. The molecule has 3 heteroatoms. The number of nitrogens with zero attached hydrogens (tertiary/aromatic N) is 1. The van der Waals surface area contributed by atoms with Crippen molar-refractivity contribution in [1.82, 2.24) is 9.97 Å². The summed E-state index contributed by atoms with van der Waals surface area (Å²) in [7, 11) is 0. The van der Waals surface area contributed by atoms with E-state index in [1.54, 1.807) is 18.3 Å². The minimum absolute atomic E-state index is 0.275. The normalized spacial score (nSPS) is 11.1. The summed E-state index contributed by atoms with van der Waals surface area (Å²) in [5.74, 6) is 0.275. The second-order valence-corrected chi connectivity index (χ2v) is 3.28. The molecule has 0 aliphatic rings. The second kappa shape index (κ2) is 2.48. The van der Waals surface area contributed by atoms with Gasteiger partial charge in [0.15, 0.2) is 0 Å². The van der Waals surface area contributed by atoms with E-state index < -0.39 is 0 Å². The Morgan fingerprint density at radius 2 is 2.00 bits per heavy atom.